The van der Waals surface area contributed by atoms with Crippen LogP contribution in [0, 0.1) is 12.7 Å². The Balaban J connectivity index is 1.75. The van der Waals surface area contributed by atoms with Gasteiger partial charge in [0.2, 0.25) is 0 Å². The fourth-order valence-electron chi connectivity index (χ4n) is 3.39. The number of aromatic nitrogens is 1. The lowest BCUT2D eigenvalue weighted by Crippen LogP contribution is -2.59. The van der Waals surface area contributed by atoms with E-state index in [1.807, 2.05) is 0 Å². The number of aryl methyl sites for hydroxylation is 1. The van der Waals surface area contributed by atoms with E-state index in [0.717, 1.165) is 0 Å². The predicted octanol–water partition coefficient (Wildman–Crippen LogP) is 1.90. The molecule has 0 saturated carbocycles. The van der Waals surface area contributed by atoms with Crippen molar-refractivity contribution in [1.82, 2.24) is 10.3 Å². The number of nitrogens with zero attached hydrogens (tertiary/aromatic N) is 1. The van der Waals surface area contributed by atoms with Crippen LogP contribution in [0.3, 0.4) is 0 Å². The summed E-state index contributed by atoms with van der Waals surface area (Å²) in [5.74, 6) is -0.790. The Bertz CT molecular complexity index is 831. The standard InChI is InChI=1S/C20H23FN2O4/c1-12-16(7-4-8-22-12)19(25)23-11-20(26)10-17(27-13(2)18(20)24)14-5-3-6-15(21)9-14/h3-9,13,17-18,24,26H,10-11H2,1-2H3,(H,23,25)/t13-,17-,18-,20-/m1/s1. The molecule has 27 heavy (non-hydrogen) atoms. The third-order valence-corrected chi connectivity index (χ3v) is 4.94. The lowest BCUT2D eigenvalue weighted by molar-refractivity contribution is -0.210. The number of aliphatic hydroxyl groups is 2. The van der Waals surface area contributed by atoms with E-state index in [4.69, 9.17) is 4.74 Å². The number of ether oxygens (including phenoxy) is 1. The van der Waals surface area contributed by atoms with Crippen LogP contribution in [-0.4, -0.2) is 45.5 Å². The fraction of sp³-hybridized carbons (Fsp3) is 0.400. The molecular weight excluding hydrogens is 351 g/mol. The van der Waals surface area contributed by atoms with Crippen LogP contribution < -0.4 is 5.32 Å². The van der Waals surface area contributed by atoms with Gasteiger partial charge >= 0.3 is 0 Å². The number of aliphatic hydroxyl groups excluding tert-OH is 1. The first-order valence-electron chi connectivity index (χ1n) is 8.81. The van der Waals surface area contributed by atoms with Gasteiger partial charge in [-0.15, -0.1) is 0 Å². The van der Waals surface area contributed by atoms with Gasteiger partial charge in [-0.25, -0.2) is 4.39 Å². The molecule has 0 spiro atoms. The summed E-state index contributed by atoms with van der Waals surface area (Å²) in [7, 11) is 0. The summed E-state index contributed by atoms with van der Waals surface area (Å²) < 4.78 is 19.3. The molecule has 7 heteroatoms. The van der Waals surface area contributed by atoms with Crippen LogP contribution in [0.4, 0.5) is 4.39 Å². The summed E-state index contributed by atoms with van der Waals surface area (Å²) in [6, 6.07) is 9.23. The topological polar surface area (TPSA) is 91.7 Å². The molecule has 1 aromatic carbocycles. The molecule has 1 amide bonds. The SMILES string of the molecule is Cc1ncccc1C(=O)NC[C@]1(O)C[C@H](c2cccc(F)c2)O[C@H](C)[C@H]1O. The largest absolute Gasteiger partial charge is 0.387 e. The number of carbonyl (C=O) groups is 1. The van der Waals surface area contributed by atoms with E-state index >= 15 is 0 Å². The molecule has 0 aliphatic carbocycles. The van der Waals surface area contributed by atoms with Gasteiger partial charge in [-0.05, 0) is 43.7 Å². The fourth-order valence-corrected chi connectivity index (χ4v) is 3.39. The van der Waals surface area contributed by atoms with E-state index < -0.39 is 29.7 Å². The van der Waals surface area contributed by atoms with Crippen molar-refractivity contribution in [3.63, 3.8) is 0 Å². The Morgan fingerprint density at radius 1 is 1.41 bits per heavy atom. The molecule has 1 fully saturated rings. The number of amides is 1. The Kier molecular flexibility index (Phi) is 5.55. The summed E-state index contributed by atoms with van der Waals surface area (Å²) in [6.07, 6.45) is -0.866. The van der Waals surface area contributed by atoms with Crippen molar-refractivity contribution in [1.29, 1.82) is 0 Å². The molecule has 6 nitrogen and oxygen atoms in total. The average molecular weight is 374 g/mol. The van der Waals surface area contributed by atoms with Gasteiger partial charge in [-0.2, -0.15) is 0 Å². The Morgan fingerprint density at radius 2 is 2.19 bits per heavy atom. The first-order chi connectivity index (χ1) is 12.8. The second kappa shape index (κ2) is 7.72. The lowest BCUT2D eigenvalue weighted by atomic mass is 9.82. The molecule has 0 bridgehead atoms. The van der Waals surface area contributed by atoms with E-state index in [2.05, 4.69) is 10.3 Å². The van der Waals surface area contributed by atoms with Gasteiger partial charge in [-0.1, -0.05) is 12.1 Å². The van der Waals surface area contributed by atoms with Crippen LogP contribution in [0.25, 0.3) is 0 Å². The highest BCUT2D eigenvalue weighted by atomic mass is 19.1. The van der Waals surface area contributed by atoms with Gasteiger partial charge in [-0.3, -0.25) is 9.78 Å². The molecule has 2 heterocycles. The van der Waals surface area contributed by atoms with E-state index in [1.54, 1.807) is 44.3 Å². The first-order valence-corrected chi connectivity index (χ1v) is 8.81. The van der Waals surface area contributed by atoms with Crippen molar-refractivity contribution < 1.29 is 24.1 Å². The highest BCUT2D eigenvalue weighted by Crippen LogP contribution is 2.37. The second-order valence-corrected chi connectivity index (χ2v) is 6.96. The molecule has 2 aromatic rings. The number of hydrogen-bond donors (Lipinski definition) is 3. The summed E-state index contributed by atoms with van der Waals surface area (Å²) in [5, 5.41) is 24.1. The van der Waals surface area contributed by atoms with Crippen LogP contribution in [-0.2, 0) is 4.74 Å². The highest BCUT2D eigenvalue weighted by molar-refractivity contribution is 5.95. The van der Waals surface area contributed by atoms with Crippen molar-refractivity contribution >= 4 is 5.91 Å². The third-order valence-electron chi connectivity index (χ3n) is 4.94. The summed E-state index contributed by atoms with van der Waals surface area (Å²) >= 11 is 0. The summed E-state index contributed by atoms with van der Waals surface area (Å²) in [4.78, 5) is 16.5. The highest BCUT2D eigenvalue weighted by Gasteiger charge is 2.47. The van der Waals surface area contributed by atoms with E-state index in [0.29, 0.717) is 16.8 Å². The lowest BCUT2D eigenvalue weighted by Gasteiger charge is -2.44. The van der Waals surface area contributed by atoms with Crippen molar-refractivity contribution in [2.75, 3.05) is 6.54 Å². The van der Waals surface area contributed by atoms with Crippen LogP contribution >= 0.6 is 0 Å². The molecule has 3 rings (SSSR count). The second-order valence-electron chi connectivity index (χ2n) is 6.96. The molecule has 4 atom stereocenters. The van der Waals surface area contributed by atoms with Gasteiger partial charge in [0.1, 0.15) is 17.5 Å². The molecule has 1 saturated heterocycles. The van der Waals surface area contributed by atoms with Crippen LogP contribution in [0.1, 0.15) is 41.1 Å². The monoisotopic (exact) mass is 374 g/mol. The number of rotatable bonds is 4. The summed E-state index contributed by atoms with van der Waals surface area (Å²) in [5.41, 5.74) is -0.0695. The van der Waals surface area contributed by atoms with Gasteiger partial charge in [0.15, 0.2) is 0 Å². The number of benzene rings is 1. The molecule has 0 radical (unpaired) electrons. The van der Waals surface area contributed by atoms with Crippen molar-refractivity contribution in [2.45, 2.75) is 44.2 Å². The molecule has 1 aromatic heterocycles. The quantitative estimate of drug-likeness (QED) is 0.760. The number of nitrogens with one attached hydrogen (secondary N) is 1. The number of hydrogen-bond acceptors (Lipinski definition) is 5. The summed E-state index contributed by atoms with van der Waals surface area (Å²) in [6.45, 7) is 3.18. The first kappa shape index (κ1) is 19.4. The maximum Gasteiger partial charge on any atom is 0.253 e. The van der Waals surface area contributed by atoms with Crippen molar-refractivity contribution in [3.05, 3.63) is 65.2 Å². The zero-order valence-corrected chi connectivity index (χ0v) is 15.2. The molecule has 1 aliphatic heterocycles. The van der Waals surface area contributed by atoms with Crippen LogP contribution in [0.5, 0.6) is 0 Å². The molecular formula is C20H23FN2O4. The third kappa shape index (κ3) is 4.16. The Labute approximate surface area is 157 Å². The molecule has 0 unspecified atom stereocenters. The Hall–Kier alpha value is -2.35. The zero-order valence-electron chi connectivity index (χ0n) is 15.2. The number of halogens is 1. The minimum atomic E-state index is -1.61. The maximum absolute atomic E-state index is 13.5. The van der Waals surface area contributed by atoms with Crippen molar-refractivity contribution in [3.8, 4) is 0 Å². The number of pyridine rings is 1. The van der Waals surface area contributed by atoms with E-state index in [-0.39, 0.29) is 18.9 Å². The molecule has 1 aliphatic rings. The minimum Gasteiger partial charge on any atom is -0.387 e. The smallest absolute Gasteiger partial charge is 0.253 e. The van der Waals surface area contributed by atoms with E-state index in [1.165, 1.54) is 12.1 Å². The van der Waals surface area contributed by atoms with Gasteiger partial charge in [0.25, 0.3) is 5.91 Å². The minimum absolute atomic E-state index is 0.0221. The molecule has 144 valence electrons. The number of carbonyl (C=O) groups excluding carboxylic acids is 1. The predicted molar refractivity (Wildman–Crippen MR) is 96.6 cm³/mol. The van der Waals surface area contributed by atoms with Crippen LogP contribution in [0.15, 0.2) is 42.6 Å². The van der Waals surface area contributed by atoms with Crippen molar-refractivity contribution in [2.24, 2.45) is 0 Å². The van der Waals surface area contributed by atoms with Gasteiger partial charge < -0.3 is 20.3 Å². The normalized spacial score (nSPS) is 28.0. The average Bonchev–Trinajstić information content (AvgIpc) is 2.64. The molecule has 3 N–H and O–H groups in total. The van der Waals surface area contributed by atoms with Gasteiger partial charge in [0, 0.05) is 24.9 Å². The van der Waals surface area contributed by atoms with E-state index in [9.17, 15) is 19.4 Å². The Morgan fingerprint density at radius 3 is 2.89 bits per heavy atom. The maximum atomic E-state index is 13.5. The zero-order chi connectivity index (χ0) is 19.6. The van der Waals surface area contributed by atoms with Gasteiger partial charge in [0.05, 0.1) is 17.8 Å². The van der Waals surface area contributed by atoms with Crippen LogP contribution in [0.2, 0.25) is 0 Å².